The summed E-state index contributed by atoms with van der Waals surface area (Å²) in [6.45, 7) is 13.8. The van der Waals surface area contributed by atoms with Gasteiger partial charge in [-0.25, -0.2) is 0 Å². The van der Waals surface area contributed by atoms with E-state index in [0.29, 0.717) is 19.3 Å². The second kappa shape index (κ2) is 55.2. The number of unbranched alkanes of at least 4 members (excludes halogenated alkanes) is 40. The fourth-order valence-corrected chi connectivity index (χ4v) is 9.88. The first-order valence-corrected chi connectivity index (χ1v) is 31.6. The molecule has 0 aromatic carbocycles. The Bertz CT molecular complexity index is 1090. The lowest BCUT2D eigenvalue weighted by atomic mass is 10.0. The van der Waals surface area contributed by atoms with E-state index in [0.717, 1.165) is 75.5 Å². The lowest BCUT2D eigenvalue weighted by Crippen LogP contribution is -2.30. The van der Waals surface area contributed by atoms with Crippen molar-refractivity contribution in [1.29, 1.82) is 0 Å². The normalized spacial score (nSPS) is 12.1. The Balaban J connectivity index is 4.28. The van der Waals surface area contributed by atoms with Crippen molar-refractivity contribution in [3.8, 4) is 0 Å². The predicted octanol–water partition coefficient (Wildman–Crippen LogP) is 21.1. The molecule has 0 radical (unpaired) electrons. The van der Waals surface area contributed by atoms with Gasteiger partial charge in [-0.3, -0.25) is 14.4 Å². The molecular formula is C64H124O6. The molecule has 0 aliphatic heterocycles. The number of hydrogen-bond donors (Lipinski definition) is 0. The highest BCUT2D eigenvalue weighted by molar-refractivity contribution is 5.71. The minimum absolute atomic E-state index is 0.0628. The summed E-state index contributed by atoms with van der Waals surface area (Å²) >= 11 is 0. The zero-order valence-electron chi connectivity index (χ0n) is 48.3. The van der Waals surface area contributed by atoms with Gasteiger partial charge in [-0.05, 0) is 37.0 Å². The van der Waals surface area contributed by atoms with E-state index in [2.05, 4.69) is 41.5 Å². The van der Waals surface area contributed by atoms with Gasteiger partial charge >= 0.3 is 17.9 Å². The number of carbonyl (C=O) groups is 3. The molecule has 416 valence electrons. The van der Waals surface area contributed by atoms with E-state index in [4.69, 9.17) is 14.2 Å². The first-order valence-electron chi connectivity index (χ1n) is 31.6. The molecule has 0 bridgehead atoms. The van der Waals surface area contributed by atoms with Crippen LogP contribution in [0.2, 0.25) is 0 Å². The molecule has 0 aliphatic carbocycles. The van der Waals surface area contributed by atoms with Gasteiger partial charge in [0.15, 0.2) is 6.10 Å². The highest BCUT2D eigenvalue weighted by Crippen LogP contribution is 2.19. The van der Waals surface area contributed by atoms with Gasteiger partial charge in [0.2, 0.25) is 0 Å². The van der Waals surface area contributed by atoms with Crippen molar-refractivity contribution >= 4 is 17.9 Å². The Hall–Kier alpha value is -1.59. The highest BCUT2D eigenvalue weighted by Gasteiger charge is 2.19. The second-order valence-electron chi connectivity index (χ2n) is 23.5. The Kier molecular flexibility index (Phi) is 53.9. The van der Waals surface area contributed by atoms with Crippen LogP contribution in [0.5, 0.6) is 0 Å². The van der Waals surface area contributed by atoms with E-state index < -0.39 is 6.10 Å². The zero-order chi connectivity index (χ0) is 51.2. The summed E-state index contributed by atoms with van der Waals surface area (Å²) in [5.74, 6) is 1.69. The van der Waals surface area contributed by atoms with Crippen LogP contribution in [0.1, 0.15) is 356 Å². The van der Waals surface area contributed by atoms with Gasteiger partial charge in [-0.1, -0.05) is 318 Å². The summed E-state index contributed by atoms with van der Waals surface area (Å²) in [7, 11) is 0. The summed E-state index contributed by atoms with van der Waals surface area (Å²) < 4.78 is 17.0. The first-order chi connectivity index (χ1) is 34.1. The molecule has 0 unspecified atom stereocenters. The van der Waals surface area contributed by atoms with Crippen LogP contribution in [0, 0.1) is 17.8 Å². The third-order valence-corrected chi connectivity index (χ3v) is 14.6. The van der Waals surface area contributed by atoms with Crippen LogP contribution in [0.4, 0.5) is 0 Å². The van der Waals surface area contributed by atoms with Crippen LogP contribution in [0.25, 0.3) is 0 Å². The smallest absolute Gasteiger partial charge is 0.306 e. The zero-order valence-corrected chi connectivity index (χ0v) is 48.3. The lowest BCUT2D eigenvalue weighted by Gasteiger charge is -2.18. The second-order valence-corrected chi connectivity index (χ2v) is 23.5. The topological polar surface area (TPSA) is 78.9 Å². The van der Waals surface area contributed by atoms with E-state index in [1.165, 1.54) is 238 Å². The minimum Gasteiger partial charge on any atom is -0.462 e. The van der Waals surface area contributed by atoms with Crippen molar-refractivity contribution in [3.05, 3.63) is 0 Å². The third kappa shape index (κ3) is 57.3. The molecule has 1 atom stereocenters. The maximum Gasteiger partial charge on any atom is 0.306 e. The van der Waals surface area contributed by atoms with E-state index in [9.17, 15) is 14.4 Å². The summed E-state index contributed by atoms with van der Waals surface area (Å²) in [6, 6.07) is 0. The number of carbonyl (C=O) groups excluding carboxylic acids is 3. The Morgan fingerprint density at radius 1 is 0.243 bits per heavy atom. The molecular weight excluding hydrogens is 865 g/mol. The van der Waals surface area contributed by atoms with Gasteiger partial charge in [0.25, 0.3) is 0 Å². The number of rotatable bonds is 57. The Labute approximate surface area is 438 Å². The first kappa shape index (κ1) is 68.4. The van der Waals surface area contributed by atoms with Gasteiger partial charge in [0.1, 0.15) is 13.2 Å². The van der Waals surface area contributed by atoms with Gasteiger partial charge in [-0.15, -0.1) is 0 Å². The Morgan fingerprint density at radius 2 is 0.414 bits per heavy atom. The molecule has 0 amide bonds. The quantitative estimate of drug-likeness (QED) is 0.0343. The Morgan fingerprint density at radius 3 is 0.614 bits per heavy atom. The average Bonchev–Trinajstić information content (AvgIpc) is 3.32. The van der Waals surface area contributed by atoms with E-state index in [-0.39, 0.29) is 31.1 Å². The largest absolute Gasteiger partial charge is 0.462 e. The van der Waals surface area contributed by atoms with E-state index >= 15 is 0 Å². The van der Waals surface area contributed by atoms with Crippen molar-refractivity contribution in [2.45, 2.75) is 362 Å². The fraction of sp³-hybridized carbons (Fsp3) is 0.953. The van der Waals surface area contributed by atoms with Crippen LogP contribution in [0.3, 0.4) is 0 Å². The summed E-state index contributed by atoms with van der Waals surface area (Å²) in [4.78, 5) is 38.3. The molecule has 0 aliphatic rings. The van der Waals surface area contributed by atoms with Gasteiger partial charge in [-0.2, -0.15) is 0 Å². The molecule has 0 aromatic heterocycles. The standard InChI is InChI=1S/C64H124O6/c1-58(2)50-44-38-32-26-20-14-11-9-7-8-10-12-16-25-31-37-43-49-55-64(67)70-61(57-69-63(66)54-48-42-36-30-24-19-18-22-28-34-40-46-52-60(5)6)56-68-62(65)53-47-41-35-29-23-17-13-15-21-27-33-39-45-51-59(3)4/h58-61H,7-57H2,1-6H3/t61-/m0/s1. The summed E-state index contributed by atoms with van der Waals surface area (Å²) in [6.07, 6.45) is 59.6. The molecule has 0 saturated carbocycles. The summed E-state index contributed by atoms with van der Waals surface area (Å²) in [5, 5.41) is 0. The van der Waals surface area contributed by atoms with Crippen molar-refractivity contribution in [3.63, 3.8) is 0 Å². The molecule has 0 rings (SSSR count). The average molecular weight is 990 g/mol. The van der Waals surface area contributed by atoms with Crippen LogP contribution < -0.4 is 0 Å². The van der Waals surface area contributed by atoms with Crippen molar-refractivity contribution in [1.82, 2.24) is 0 Å². The van der Waals surface area contributed by atoms with Crippen molar-refractivity contribution < 1.29 is 28.6 Å². The fourth-order valence-electron chi connectivity index (χ4n) is 9.88. The molecule has 6 heteroatoms. The third-order valence-electron chi connectivity index (χ3n) is 14.6. The lowest BCUT2D eigenvalue weighted by molar-refractivity contribution is -0.167. The SMILES string of the molecule is CC(C)CCCCCCCCCCCCCCCCCCCCC(=O)O[C@@H](COC(=O)CCCCCCCCCCCCCCCC(C)C)COC(=O)CCCCCCCCCCCCCCC(C)C. The predicted molar refractivity (Wildman–Crippen MR) is 303 cm³/mol. The molecule has 70 heavy (non-hydrogen) atoms. The van der Waals surface area contributed by atoms with Crippen LogP contribution in [-0.4, -0.2) is 37.2 Å². The van der Waals surface area contributed by atoms with Crippen molar-refractivity contribution in [2.75, 3.05) is 13.2 Å². The maximum atomic E-state index is 12.9. The molecule has 0 N–H and O–H groups in total. The highest BCUT2D eigenvalue weighted by atomic mass is 16.6. The summed E-state index contributed by atoms with van der Waals surface area (Å²) in [5.41, 5.74) is 0. The number of hydrogen-bond acceptors (Lipinski definition) is 6. The minimum atomic E-state index is -0.764. The molecule has 0 saturated heterocycles. The van der Waals surface area contributed by atoms with E-state index in [1.54, 1.807) is 0 Å². The van der Waals surface area contributed by atoms with Crippen LogP contribution in [-0.2, 0) is 28.6 Å². The van der Waals surface area contributed by atoms with Crippen LogP contribution in [0.15, 0.2) is 0 Å². The van der Waals surface area contributed by atoms with Gasteiger partial charge < -0.3 is 14.2 Å². The molecule has 0 aromatic rings. The van der Waals surface area contributed by atoms with Gasteiger partial charge in [0.05, 0.1) is 0 Å². The number of esters is 3. The molecule has 0 fully saturated rings. The monoisotopic (exact) mass is 989 g/mol. The maximum absolute atomic E-state index is 12.9. The van der Waals surface area contributed by atoms with Gasteiger partial charge in [0, 0.05) is 19.3 Å². The van der Waals surface area contributed by atoms with Crippen molar-refractivity contribution in [2.24, 2.45) is 17.8 Å². The van der Waals surface area contributed by atoms with E-state index in [1.807, 2.05) is 0 Å². The molecule has 6 nitrogen and oxygen atoms in total. The molecule has 0 spiro atoms. The number of ether oxygens (including phenoxy) is 3. The molecule has 0 heterocycles. The van der Waals surface area contributed by atoms with Crippen LogP contribution >= 0.6 is 0 Å².